The SMILES string of the molecule is CCN1CCC(Nc2cc(C(=O)N3CC[C@@H](N4CCc5ccccc5C4)[C@H](O)C3)nc(Cl)n2)CC1. The van der Waals surface area contributed by atoms with E-state index < -0.39 is 6.10 Å². The van der Waals surface area contributed by atoms with Crippen molar-refractivity contribution in [3.05, 3.63) is 52.4 Å². The summed E-state index contributed by atoms with van der Waals surface area (Å²) in [5, 5.41) is 14.5. The molecule has 5 rings (SSSR count). The van der Waals surface area contributed by atoms with Crippen molar-refractivity contribution in [1.29, 1.82) is 0 Å². The van der Waals surface area contributed by atoms with E-state index in [0.29, 0.717) is 24.9 Å². The zero-order valence-corrected chi connectivity index (χ0v) is 21.1. The molecule has 4 heterocycles. The highest BCUT2D eigenvalue weighted by molar-refractivity contribution is 6.28. The van der Waals surface area contributed by atoms with Crippen molar-refractivity contribution in [3.8, 4) is 0 Å². The van der Waals surface area contributed by atoms with Gasteiger partial charge in [-0.2, -0.15) is 0 Å². The van der Waals surface area contributed by atoms with Crippen LogP contribution in [0, 0.1) is 0 Å². The molecule has 2 fully saturated rings. The summed E-state index contributed by atoms with van der Waals surface area (Å²) in [4.78, 5) is 28.3. The minimum absolute atomic E-state index is 0.0487. The fourth-order valence-electron chi connectivity index (χ4n) is 5.70. The quantitative estimate of drug-likeness (QED) is 0.613. The van der Waals surface area contributed by atoms with E-state index in [1.165, 1.54) is 11.1 Å². The third-order valence-electron chi connectivity index (χ3n) is 7.77. The third-order valence-corrected chi connectivity index (χ3v) is 7.94. The lowest BCUT2D eigenvalue weighted by molar-refractivity contribution is -0.0139. The number of rotatable bonds is 5. The molecular weight excluding hydrogens is 464 g/mol. The van der Waals surface area contributed by atoms with Crippen LogP contribution in [0.25, 0.3) is 0 Å². The van der Waals surface area contributed by atoms with Gasteiger partial charge in [0.1, 0.15) is 11.5 Å². The molecule has 9 heteroatoms. The second kappa shape index (κ2) is 10.8. The lowest BCUT2D eigenvalue weighted by atomic mass is 9.94. The molecule has 0 aliphatic carbocycles. The number of benzene rings is 1. The number of hydrogen-bond acceptors (Lipinski definition) is 7. The van der Waals surface area contributed by atoms with Crippen LogP contribution in [0.1, 0.15) is 47.8 Å². The van der Waals surface area contributed by atoms with E-state index in [1.807, 2.05) is 0 Å². The van der Waals surface area contributed by atoms with Gasteiger partial charge in [-0.1, -0.05) is 31.2 Å². The average molecular weight is 499 g/mol. The Morgan fingerprint density at radius 1 is 1.11 bits per heavy atom. The number of nitrogens with one attached hydrogen (secondary N) is 1. The van der Waals surface area contributed by atoms with Gasteiger partial charge in [0.25, 0.3) is 5.91 Å². The van der Waals surface area contributed by atoms with Crippen LogP contribution in [0.15, 0.2) is 30.3 Å². The summed E-state index contributed by atoms with van der Waals surface area (Å²) >= 11 is 6.19. The predicted octanol–water partition coefficient (Wildman–Crippen LogP) is 2.66. The van der Waals surface area contributed by atoms with Crippen molar-refractivity contribution in [3.63, 3.8) is 0 Å². The second-order valence-corrected chi connectivity index (χ2v) is 10.3. The first-order valence-corrected chi connectivity index (χ1v) is 13.2. The molecular formula is C26H35ClN6O2. The molecule has 0 saturated carbocycles. The van der Waals surface area contributed by atoms with E-state index in [0.717, 1.165) is 58.4 Å². The van der Waals surface area contributed by atoms with E-state index in [2.05, 4.69) is 56.3 Å². The first kappa shape index (κ1) is 24.4. The third kappa shape index (κ3) is 5.61. The van der Waals surface area contributed by atoms with Gasteiger partial charge in [-0.25, -0.2) is 9.97 Å². The van der Waals surface area contributed by atoms with Gasteiger partial charge in [0.05, 0.1) is 6.10 Å². The average Bonchev–Trinajstić information content (AvgIpc) is 2.88. The Hall–Kier alpha value is -2.26. The molecule has 188 valence electrons. The maximum Gasteiger partial charge on any atom is 0.272 e. The normalized spacial score (nSPS) is 24.3. The Kier molecular flexibility index (Phi) is 7.53. The minimum Gasteiger partial charge on any atom is -0.390 e. The molecule has 2 atom stereocenters. The zero-order chi connectivity index (χ0) is 24.4. The highest BCUT2D eigenvalue weighted by atomic mass is 35.5. The lowest BCUT2D eigenvalue weighted by Gasteiger charge is -2.43. The molecule has 2 N–H and O–H groups in total. The molecule has 2 saturated heterocycles. The van der Waals surface area contributed by atoms with Crippen molar-refractivity contribution in [2.75, 3.05) is 44.6 Å². The largest absolute Gasteiger partial charge is 0.390 e. The number of aliphatic hydroxyl groups is 1. The van der Waals surface area contributed by atoms with Crippen molar-refractivity contribution in [2.45, 2.75) is 57.3 Å². The number of fused-ring (bicyclic) bond motifs is 1. The van der Waals surface area contributed by atoms with Gasteiger partial charge in [0.2, 0.25) is 5.28 Å². The van der Waals surface area contributed by atoms with E-state index in [9.17, 15) is 9.90 Å². The Balaban J connectivity index is 1.20. The molecule has 0 radical (unpaired) electrons. The topological polar surface area (TPSA) is 84.8 Å². The van der Waals surface area contributed by atoms with E-state index in [1.54, 1.807) is 11.0 Å². The molecule has 2 aromatic rings. The van der Waals surface area contributed by atoms with Gasteiger partial charge < -0.3 is 20.2 Å². The molecule has 1 aromatic carbocycles. The van der Waals surface area contributed by atoms with Crippen LogP contribution >= 0.6 is 11.6 Å². The summed E-state index contributed by atoms with van der Waals surface area (Å²) in [5.74, 6) is 0.380. The van der Waals surface area contributed by atoms with Gasteiger partial charge in [-0.3, -0.25) is 9.69 Å². The number of hydrogen-bond donors (Lipinski definition) is 2. The van der Waals surface area contributed by atoms with Crippen LogP contribution in [0.5, 0.6) is 0 Å². The smallest absolute Gasteiger partial charge is 0.272 e. The van der Waals surface area contributed by atoms with Gasteiger partial charge >= 0.3 is 0 Å². The number of anilines is 1. The Morgan fingerprint density at radius 2 is 1.89 bits per heavy atom. The van der Waals surface area contributed by atoms with Gasteiger partial charge in [-0.05, 0) is 55.0 Å². The minimum atomic E-state index is -0.600. The number of β-amino-alcohol motifs (C(OH)–C–C–N with tert-alkyl or cyclic N) is 1. The monoisotopic (exact) mass is 498 g/mol. The molecule has 1 amide bonds. The van der Waals surface area contributed by atoms with Crippen LogP contribution in [-0.4, -0.2) is 93.1 Å². The predicted molar refractivity (Wildman–Crippen MR) is 137 cm³/mol. The molecule has 0 spiro atoms. The number of nitrogens with zero attached hydrogens (tertiary/aromatic N) is 5. The Bertz CT molecular complexity index is 1040. The highest BCUT2D eigenvalue weighted by Crippen LogP contribution is 2.26. The Labute approximate surface area is 212 Å². The maximum absolute atomic E-state index is 13.3. The summed E-state index contributed by atoms with van der Waals surface area (Å²) < 4.78 is 0. The number of aliphatic hydroxyl groups excluding tert-OH is 1. The molecule has 0 unspecified atom stereocenters. The number of likely N-dealkylation sites (tertiary alicyclic amines) is 2. The number of carbonyl (C=O) groups is 1. The van der Waals surface area contributed by atoms with Crippen LogP contribution in [0.4, 0.5) is 5.82 Å². The maximum atomic E-state index is 13.3. The molecule has 8 nitrogen and oxygen atoms in total. The first-order chi connectivity index (χ1) is 17.0. The summed E-state index contributed by atoms with van der Waals surface area (Å²) in [6, 6.07) is 10.6. The number of amides is 1. The number of piperidine rings is 2. The van der Waals surface area contributed by atoms with Crippen molar-refractivity contribution in [1.82, 2.24) is 24.7 Å². The van der Waals surface area contributed by atoms with Crippen LogP contribution < -0.4 is 5.32 Å². The fourth-order valence-corrected chi connectivity index (χ4v) is 5.88. The van der Waals surface area contributed by atoms with E-state index in [4.69, 9.17) is 11.6 Å². The molecule has 0 bridgehead atoms. The summed E-state index contributed by atoms with van der Waals surface area (Å²) in [7, 11) is 0. The van der Waals surface area contributed by atoms with E-state index in [-0.39, 0.29) is 22.9 Å². The highest BCUT2D eigenvalue weighted by Gasteiger charge is 2.36. The standard InChI is InChI=1S/C26H35ClN6O2/c1-2-31-11-8-20(9-12-31)28-24-15-21(29-26(27)30-24)25(35)33-14-10-22(23(34)17-33)32-13-7-18-5-3-4-6-19(18)16-32/h3-6,15,20,22-23,34H,2,7-14,16-17H2,1H3,(H,28,29,30)/t22-,23-/m1/s1. The zero-order valence-electron chi connectivity index (χ0n) is 20.4. The second-order valence-electron chi connectivity index (χ2n) is 9.92. The van der Waals surface area contributed by atoms with Crippen LogP contribution in [-0.2, 0) is 13.0 Å². The molecule has 1 aromatic heterocycles. The summed E-state index contributed by atoms with van der Waals surface area (Å²) in [6.45, 7) is 8.00. The molecule has 3 aliphatic heterocycles. The fraction of sp³-hybridized carbons (Fsp3) is 0.577. The van der Waals surface area contributed by atoms with Crippen LogP contribution in [0.2, 0.25) is 5.28 Å². The number of halogens is 1. The van der Waals surface area contributed by atoms with Crippen molar-refractivity contribution in [2.24, 2.45) is 0 Å². The molecule has 35 heavy (non-hydrogen) atoms. The Morgan fingerprint density at radius 3 is 2.63 bits per heavy atom. The van der Waals surface area contributed by atoms with E-state index >= 15 is 0 Å². The van der Waals surface area contributed by atoms with Crippen molar-refractivity contribution >= 4 is 23.3 Å². The van der Waals surface area contributed by atoms with Gasteiger partial charge in [0, 0.05) is 57.4 Å². The summed E-state index contributed by atoms with van der Waals surface area (Å²) in [5.41, 5.74) is 3.00. The molecule has 3 aliphatic rings. The van der Waals surface area contributed by atoms with Gasteiger partial charge in [0.15, 0.2) is 0 Å². The van der Waals surface area contributed by atoms with Crippen molar-refractivity contribution < 1.29 is 9.90 Å². The lowest BCUT2D eigenvalue weighted by Crippen LogP contribution is -2.56. The number of carbonyl (C=O) groups excluding carboxylic acids is 1. The van der Waals surface area contributed by atoms with Crippen LogP contribution in [0.3, 0.4) is 0 Å². The first-order valence-electron chi connectivity index (χ1n) is 12.8. The number of aromatic nitrogens is 2. The van der Waals surface area contributed by atoms with Gasteiger partial charge in [-0.15, -0.1) is 0 Å². The summed E-state index contributed by atoms with van der Waals surface area (Å²) in [6.07, 6.45) is 3.18.